The standard InChI is InChI=1S/C14H15N3O3/c1-3-13(18)17-12-6-4-5-11(7-12)16-9-10(8-15)14(19)20-2/h4-7,9,16H,3H2,1-2H3,(H,17,18)/b10-9+. The van der Waals surface area contributed by atoms with Crippen LogP contribution in [0, 0.1) is 11.3 Å². The van der Waals surface area contributed by atoms with Crippen molar-refractivity contribution in [1.29, 1.82) is 5.26 Å². The van der Waals surface area contributed by atoms with Gasteiger partial charge in [-0.1, -0.05) is 13.0 Å². The van der Waals surface area contributed by atoms with E-state index in [1.165, 1.54) is 13.3 Å². The van der Waals surface area contributed by atoms with Crippen LogP contribution in [0.4, 0.5) is 11.4 Å². The largest absolute Gasteiger partial charge is 0.465 e. The molecule has 0 spiro atoms. The number of rotatable bonds is 5. The maximum absolute atomic E-state index is 11.3. The van der Waals surface area contributed by atoms with E-state index in [1.807, 2.05) is 0 Å². The molecule has 0 unspecified atom stereocenters. The Morgan fingerprint density at radius 3 is 2.70 bits per heavy atom. The predicted octanol–water partition coefficient (Wildman–Crippen LogP) is 2.03. The second-order valence-electron chi connectivity index (χ2n) is 3.79. The van der Waals surface area contributed by atoms with Gasteiger partial charge in [0.1, 0.15) is 6.07 Å². The first-order valence-corrected chi connectivity index (χ1v) is 5.95. The highest BCUT2D eigenvalue weighted by molar-refractivity contribution is 5.93. The Balaban J connectivity index is 2.81. The Bertz CT molecular complexity index is 573. The third kappa shape index (κ3) is 4.46. The minimum atomic E-state index is -0.713. The number of anilines is 2. The van der Waals surface area contributed by atoms with Crippen LogP contribution in [-0.2, 0) is 14.3 Å². The molecule has 1 amide bonds. The highest BCUT2D eigenvalue weighted by Crippen LogP contribution is 2.15. The van der Waals surface area contributed by atoms with Crippen LogP contribution < -0.4 is 10.6 Å². The summed E-state index contributed by atoms with van der Waals surface area (Å²) in [7, 11) is 1.20. The molecule has 1 aromatic carbocycles. The molecule has 0 saturated heterocycles. The zero-order valence-electron chi connectivity index (χ0n) is 11.3. The summed E-state index contributed by atoms with van der Waals surface area (Å²) in [5.74, 6) is -0.805. The lowest BCUT2D eigenvalue weighted by Crippen LogP contribution is -2.09. The highest BCUT2D eigenvalue weighted by Gasteiger charge is 2.07. The number of ether oxygens (including phenoxy) is 1. The number of benzene rings is 1. The van der Waals surface area contributed by atoms with Crippen LogP contribution in [-0.4, -0.2) is 19.0 Å². The summed E-state index contributed by atoms with van der Waals surface area (Å²) in [5, 5.41) is 14.3. The molecular formula is C14H15N3O3. The lowest BCUT2D eigenvalue weighted by molar-refractivity contribution is -0.135. The predicted molar refractivity (Wildman–Crippen MR) is 74.7 cm³/mol. The van der Waals surface area contributed by atoms with Gasteiger partial charge in [-0.05, 0) is 18.2 Å². The molecule has 1 rings (SSSR count). The lowest BCUT2D eigenvalue weighted by atomic mass is 10.2. The Labute approximate surface area is 117 Å². The Hall–Kier alpha value is -2.81. The van der Waals surface area contributed by atoms with Crippen LogP contribution in [0.5, 0.6) is 0 Å². The monoisotopic (exact) mass is 273 g/mol. The van der Waals surface area contributed by atoms with Crippen molar-refractivity contribution in [2.75, 3.05) is 17.7 Å². The van der Waals surface area contributed by atoms with E-state index in [2.05, 4.69) is 15.4 Å². The van der Waals surface area contributed by atoms with Crippen molar-refractivity contribution in [3.63, 3.8) is 0 Å². The average molecular weight is 273 g/mol. The topological polar surface area (TPSA) is 91.2 Å². The summed E-state index contributed by atoms with van der Waals surface area (Å²) >= 11 is 0. The number of nitriles is 1. The second-order valence-corrected chi connectivity index (χ2v) is 3.79. The molecule has 20 heavy (non-hydrogen) atoms. The Morgan fingerprint density at radius 1 is 1.40 bits per heavy atom. The Kier molecular flexibility index (Phi) is 5.78. The molecule has 2 N–H and O–H groups in total. The number of carbonyl (C=O) groups is 2. The molecule has 6 nitrogen and oxygen atoms in total. The molecule has 0 saturated carbocycles. The van der Waals surface area contributed by atoms with Gasteiger partial charge in [0.2, 0.25) is 5.91 Å². The molecule has 6 heteroatoms. The zero-order chi connectivity index (χ0) is 15.0. The van der Waals surface area contributed by atoms with E-state index in [9.17, 15) is 9.59 Å². The number of amides is 1. The van der Waals surface area contributed by atoms with Crippen LogP contribution in [0.1, 0.15) is 13.3 Å². The molecule has 0 bridgehead atoms. The minimum Gasteiger partial charge on any atom is -0.465 e. The van der Waals surface area contributed by atoms with Crippen LogP contribution in [0.25, 0.3) is 0 Å². The van der Waals surface area contributed by atoms with E-state index in [0.29, 0.717) is 17.8 Å². The number of hydrogen-bond donors (Lipinski definition) is 2. The molecule has 0 aromatic heterocycles. The average Bonchev–Trinajstić information content (AvgIpc) is 2.47. The van der Waals surface area contributed by atoms with Gasteiger partial charge < -0.3 is 15.4 Å². The van der Waals surface area contributed by atoms with Crippen molar-refractivity contribution >= 4 is 23.3 Å². The fourth-order valence-electron chi connectivity index (χ4n) is 1.34. The summed E-state index contributed by atoms with van der Waals surface area (Å²) in [6.07, 6.45) is 1.64. The molecule has 104 valence electrons. The zero-order valence-corrected chi connectivity index (χ0v) is 11.3. The maximum Gasteiger partial charge on any atom is 0.350 e. The first-order chi connectivity index (χ1) is 9.60. The molecule has 0 radical (unpaired) electrons. The van der Waals surface area contributed by atoms with E-state index in [-0.39, 0.29) is 11.5 Å². The van der Waals surface area contributed by atoms with Gasteiger partial charge in [0.25, 0.3) is 0 Å². The fourth-order valence-corrected chi connectivity index (χ4v) is 1.34. The number of hydrogen-bond acceptors (Lipinski definition) is 5. The number of nitrogens with zero attached hydrogens (tertiary/aromatic N) is 1. The van der Waals surface area contributed by atoms with Crippen LogP contribution in [0.2, 0.25) is 0 Å². The van der Waals surface area contributed by atoms with Crippen molar-refractivity contribution in [2.45, 2.75) is 13.3 Å². The normalized spacial score (nSPS) is 10.3. The number of carbonyl (C=O) groups excluding carboxylic acids is 2. The van der Waals surface area contributed by atoms with Crippen molar-refractivity contribution in [1.82, 2.24) is 0 Å². The van der Waals surface area contributed by atoms with E-state index in [1.54, 1.807) is 37.3 Å². The van der Waals surface area contributed by atoms with Crippen LogP contribution in [0.15, 0.2) is 36.0 Å². The maximum atomic E-state index is 11.3. The third-order valence-corrected chi connectivity index (χ3v) is 2.38. The molecule has 0 heterocycles. The molecule has 1 aromatic rings. The smallest absolute Gasteiger partial charge is 0.350 e. The number of esters is 1. The quantitative estimate of drug-likeness (QED) is 0.486. The highest BCUT2D eigenvalue weighted by atomic mass is 16.5. The molecule has 0 aliphatic carbocycles. The van der Waals surface area contributed by atoms with Gasteiger partial charge in [-0.3, -0.25) is 4.79 Å². The second kappa shape index (κ2) is 7.59. The van der Waals surface area contributed by atoms with Crippen molar-refractivity contribution in [2.24, 2.45) is 0 Å². The molecular weight excluding hydrogens is 258 g/mol. The van der Waals surface area contributed by atoms with Crippen LogP contribution in [0.3, 0.4) is 0 Å². The summed E-state index contributed by atoms with van der Waals surface area (Å²) < 4.78 is 4.46. The molecule has 0 atom stereocenters. The Morgan fingerprint density at radius 2 is 2.10 bits per heavy atom. The summed E-state index contributed by atoms with van der Waals surface area (Å²) in [6.45, 7) is 1.76. The first-order valence-electron chi connectivity index (χ1n) is 5.95. The van der Waals surface area contributed by atoms with Crippen molar-refractivity contribution in [3.8, 4) is 6.07 Å². The van der Waals surface area contributed by atoms with Crippen molar-refractivity contribution in [3.05, 3.63) is 36.0 Å². The van der Waals surface area contributed by atoms with Crippen LogP contribution >= 0.6 is 0 Å². The fraction of sp³-hybridized carbons (Fsp3) is 0.214. The summed E-state index contributed by atoms with van der Waals surface area (Å²) in [5.41, 5.74) is 1.12. The van der Waals surface area contributed by atoms with Gasteiger partial charge >= 0.3 is 5.97 Å². The minimum absolute atomic E-state index is 0.0926. The third-order valence-electron chi connectivity index (χ3n) is 2.38. The van der Waals surface area contributed by atoms with E-state index >= 15 is 0 Å². The SMILES string of the molecule is CCC(=O)Nc1cccc(N/C=C(\C#N)C(=O)OC)c1. The van der Waals surface area contributed by atoms with Crippen molar-refractivity contribution < 1.29 is 14.3 Å². The van der Waals surface area contributed by atoms with E-state index in [0.717, 1.165) is 0 Å². The van der Waals surface area contributed by atoms with E-state index in [4.69, 9.17) is 5.26 Å². The van der Waals surface area contributed by atoms with E-state index < -0.39 is 5.97 Å². The van der Waals surface area contributed by atoms with Gasteiger partial charge in [0.05, 0.1) is 7.11 Å². The summed E-state index contributed by atoms with van der Waals surface area (Å²) in [6, 6.07) is 8.65. The first kappa shape index (κ1) is 15.2. The van der Waals surface area contributed by atoms with Gasteiger partial charge in [-0.15, -0.1) is 0 Å². The van der Waals surface area contributed by atoms with Gasteiger partial charge in [0, 0.05) is 24.0 Å². The molecule has 0 aliphatic rings. The molecule has 0 fully saturated rings. The number of nitrogens with one attached hydrogen (secondary N) is 2. The van der Waals surface area contributed by atoms with Gasteiger partial charge in [-0.25, -0.2) is 4.79 Å². The lowest BCUT2D eigenvalue weighted by Gasteiger charge is -2.06. The van der Waals surface area contributed by atoms with Gasteiger partial charge in [-0.2, -0.15) is 5.26 Å². The molecule has 0 aliphatic heterocycles. The number of methoxy groups -OCH3 is 1. The summed E-state index contributed by atoms with van der Waals surface area (Å²) in [4.78, 5) is 22.5. The van der Waals surface area contributed by atoms with Gasteiger partial charge in [0.15, 0.2) is 5.57 Å².